The Hall–Kier alpha value is -0.620. The molecule has 1 atom stereocenters. The SMILES string of the molecule is Cc1ccccc1S(=O)(=O)N1CCCC(CCN)C1.Cl. The summed E-state index contributed by atoms with van der Waals surface area (Å²) in [5.41, 5.74) is 6.39. The van der Waals surface area contributed by atoms with Crippen molar-refractivity contribution >= 4 is 22.4 Å². The van der Waals surface area contributed by atoms with Gasteiger partial charge in [0.2, 0.25) is 10.0 Å². The third kappa shape index (κ3) is 3.73. The quantitative estimate of drug-likeness (QED) is 0.925. The molecule has 1 saturated heterocycles. The summed E-state index contributed by atoms with van der Waals surface area (Å²) < 4.78 is 26.9. The third-order valence-corrected chi connectivity index (χ3v) is 5.79. The summed E-state index contributed by atoms with van der Waals surface area (Å²) in [6, 6.07) is 7.17. The predicted molar refractivity (Wildman–Crippen MR) is 83.6 cm³/mol. The molecular formula is C14H23ClN2O2S. The van der Waals surface area contributed by atoms with E-state index in [1.165, 1.54) is 0 Å². The van der Waals surface area contributed by atoms with E-state index in [1.54, 1.807) is 16.4 Å². The second-order valence-electron chi connectivity index (χ2n) is 5.21. The first-order valence-corrected chi connectivity index (χ1v) is 8.25. The van der Waals surface area contributed by atoms with Gasteiger partial charge in [0.15, 0.2) is 0 Å². The van der Waals surface area contributed by atoms with Gasteiger partial charge >= 0.3 is 0 Å². The molecule has 1 aromatic rings. The van der Waals surface area contributed by atoms with E-state index in [0.29, 0.717) is 30.4 Å². The molecule has 1 heterocycles. The van der Waals surface area contributed by atoms with E-state index in [9.17, 15) is 8.42 Å². The van der Waals surface area contributed by atoms with Crippen LogP contribution in [0, 0.1) is 12.8 Å². The molecule has 1 fully saturated rings. The minimum atomic E-state index is -3.35. The second kappa shape index (κ2) is 7.41. The molecule has 114 valence electrons. The van der Waals surface area contributed by atoms with E-state index < -0.39 is 10.0 Å². The number of aryl methyl sites for hydroxylation is 1. The Morgan fingerprint density at radius 1 is 1.35 bits per heavy atom. The van der Waals surface area contributed by atoms with Gasteiger partial charge in [-0.3, -0.25) is 0 Å². The fourth-order valence-corrected chi connectivity index (χ4v) is 4.48. The maximum atomic E-state index is 12.7. The normalized spacial score (nSPS) is 20.4. The topological polar surface area (TPSA) is 63.4 Å². The molecule has 0 amide bonds. The fraction of sp³-hybridized carbons (Fsp3) is 0.571. The Labute approximate surface area is 127 Å². The number of hydrogen-bond donors (Lipinski definition) is 1. The van der Waals surface area contributed by atoms with Crippen molar-refractivity contribution in [2.24, 2.45) is 11.7 Å². The Morgan fingerprint density at radius 2 is 2.05 bits per heavy atom. The lowest BCUT2D eigenvalue weighted by Gasteiger charge is -2.32. The molecule has 6 heteroatoms. The number of rotatable bonds is 4. The number of piperidine rings is 1. The molecule has 0 aliphatic carbocycles. The monoisotopic (exact) mass is 318 g/mol. The van der Waals surface area contributed by atoms with Crippen molar-refractivity contribution in [3.63, 3.8) is 0 Å². The zero-order valence-corrected chi connectivity index (χ0v) is 13.4. The van der Waals surface area contributed by atoms with Crippen LogP contribution in [0.2, 0.25) is 0 Å². The molecule has 0 aromatic heterocycles. The number of nitrogens with two attached hydrogens (primary N) is 1. The van der Waals surface area contributed by atoms with Crippen LogP contribution in [0.5, 0.6) is 0 Å². The minimum absolute atomic E-state index is 0. The second-order valence-corrected chi connectivity index (χ2v) is 7.12. The van der Waals surface area contributed by atoms with Gasteiger partial charge in [-0.1, -0.05) is 18.2 Å². The van der Waals surface area contributed by atoms with Crippen LogP contribution in [-0.4, -0.2) is 32.4 Å². The lowest BCUT2D eigenvalue weighted by molar-refractivity contribution is 0.258. The van der Waals surface area contributed by atoms with Gasteiger partial charge in [0.05, 0.1) is 4.90 Å². The van der Waals surface area contributed by atoms with Crippen molar-refractivity contribution in [2.75, 3.05) is 19.6 Å². The van der Waals surface area contributed by atoms with Gasteiger partial charge in [-0.25, -0.2) is 8.42 Å². The number of hydrogen-bond acceptors (Lipinski definition) is 3. The molecule has 0 saturated carbocycles. The highest BCUT2D eigenvalue weighted by Gasteiger charge is 2.30. The van der Waals surface area contributed by atoms with E-state index in [-0.39, 0.29) is 12.4 Å². The van der Waals surface area contributed by atoms with Crippen LogP contribution in [0.25, 0.3) is 0 Å². The zero-order chi connectivity index (χ0) is 13.9. The van der Waals surface area contributed by atoms with Crippen LogP contribution >= 0.6 is 12.4 Å². The molecule has 2 rings (SSSR count). The van der Waals surface area contributed by atoms with Gasteiger partial charge in [0, 0.05) is 13.1 Å². The maximum absolute atomic E-state index is 12.7. The first kappa shape index (κ1) is 17.4. The van der Waals surface area contributed by atoms with E-state index >= 15 is 0 Å². The van der Waals surface area contributed by atoms with E-state index in [4.69, 9.17) is 5.73 Å². The Kier molecular flexibility index (Phi) is 6.45. The van der Waals surface area contributed by atoms with Gasteiger partial charge in [-0.05, 0) is 50.3 Å². The molecule has 0 radical (unpaired) electrons. The molecule has 20 heavy (non-hydrogen) atoms. The number of benzene rings is 1. The zero-order valence-electron chi connectivity index (χ0n) is 11.8. The Balaban J connectivity index is 0.00000200. The summed E-state index contributed by atoms with van der Waals surface area (Å²) >= 11 is 0. The van der Waals surface area contributed by atoms with Crippen LogP contribution in [0.4, 0.5) is 0 Å². The van der Waals surface area contributed by atoms with Crippen LogP contribution < -0.4 is 5.73 Å². The highest BCUT2D eigenvalue weighted by atomic mass is 35.5. The third-order valence-electron chi connectivity index (χ3n) is 3.77. The predicted octanol–water partition coefficient (Wildman–Crippen LogP) is 2.17. The smallest absolute Gasteiger partial charge is 0.243 e. The minimum Gasteiger partial charge on any atom is -0.330 e. The molecular weight excluding hydrogens is 296 g/mol. The molecule has 2 N–H and O–H groups in total. The highest BCUT2D eigenvalue weighted by Crippen LogP contribution is 2.26. The van der Waals surface area contributed by atoms with Crippen molar-refractivity contribution in [2.45, 2.75) is 31.1 Å². The van der Waals surface area contributed by atoms with Gasteiger partial charge in [0.25, 0.3) is 0 Å². The van der Waals surface area contributed by atoms with Gasteiger partial charge in [0.1, 0.15) is 0 Å². The largest absolute Gasteiger partial charge is 0.330 e. The molecule has 0 bridgehead atoms. The lowest BCUT2D eigenvalue weighted by atomic mass is 9.96. The summed E-state index contributed by atoms with van der Waals surface area (Å²) in [4.78, 5) is 0.434. The summed E-state index contributed by atoms with van der Waals surface area (Å²) in [6.45, 7) is 3.70. The standard InChI is InChI=1S/C14H22N2O2S.ClH/c1-12-5-2-3-7-14(12)19(17,18)16-10-4-6-13(11-16)8-9-15;/h2-3,5,7,13H,4,6,8-11,15H2,1H3;1H. The van der Waals surface area contributed by atoms with Crippen LogP contribution in [-0.2, 0) is 10.0 Å². The summed E-state index contributed by atoms with van der Waals surface area (Å²) in [5, 5.41) is 0. The summed E-state index contributed by atoms with van der Waals surface area (Å²) in [7, 11) is -3.35. The van der Waals surface area contributed by atoms with Crippen molar-refractivity contribution in [1.82, 2.24) is 4.31 Å². The first-order valence-electron chi connectivity index (χ1n) is 6.81. The summed E-state index contributed by atoms with van der Waals surface area (Å²) in [5.74, 6) is 0.401. The Bertz CT molecular complexity index is 532. The number of halogens is 1. The molecule has 1 aromatic carbocycles. The fourth-order valence-electron chi connectivity index (χ4n) is 2.70. The van der Waals surface area contributed by atoms with Crippen LogP contribution in [0.1, 0.15) is 24.8 Å². The average Bonchev–Trinajstić information content (AvgIpc) is 2.40. The average molecular weight is 319 g/mol. The summed E-state index contributed by atoms with van der Waals surface area (Å²) in [6.07, 6.45) is 2.91. The molecule has 4 nitrogen and oxygen atoms in total. The van der Waals surface area contributed by atoms with E-state index in [0.717, 1.165) is 24.8 Å². The maximum Gasteiger partial charge on any atom is 0.243 e. The molecule has 1 unspecified atom stereocenters. The highest BCUT2D eigenvalue weighted by molar-refractivity contribution is 7.89. The number of nitrogens with zero attached hydrogens (tertiary/aromatic N) is 1. The van der Waals surface area contributed by atoms with Crippen LogP contribution in [0.3, 0.4) is 0 Å². The van der Waals surface area contributed by atoms with Gasteiger partial charge < -0.3 is 5.73 Å². The van der Waals surface area contributed by atoms with E-state index in [1.807, 2.05) is 19.1 Å². The molecule has 1 aliphatic rings. The van der Waals surface area contributed by atoms with Crippen molar-refractivity contribution in [1.29, 1.82) is 0 Å². The lowest BCUT2D eigenvalue weighted by Crippen LogP contribution is -2.40. The van der Waals surface area contributed by atoms with Crippen LogP contribution in [0.15, 0.2) is 29.2 Å². The van der Waals surface area contributed by atoms with Crippen molar-refractivity contribution in [3.8, 4) is 0 Å². The van der Waals surface area contributed by atoms with Gasteiger partial charge in [-0.15, -0.1) is 12.4 Å². The van der Waals surface area contributed by atoms with Gasteiger partial charge in [-0.2, -0.15) is 4.31 Å². The number of sulfonamides is 1. The van der Waals surface area contributed by atoms with Crippen molar-refractivity contribution < 1.29 is 8.42 Å². The molecule has 0 spiro atoms. The molecule has 1 aliphatic heterocycles. The van der Waals surface area contributed by atoms with Crippen molar-refractivity contribution in [3.05, 3.63) is 29.8 Å². The van der Waals surface area contributed by atoms with E-state index in [2.05, 4.69) is 0 Å². The Morgan fingerprint density at radius 3 is 2.70 bits per heavy atom. The first-order chi connectivity index (χ1) is 9.05.